The van der Waals surface area contributed by atoms with Crippen molar-refractivity contribution in [1.82, 2.24) is 15.2 Å². The Morgan fingerprint density at radius 1 is 1.47 bits per heavy atom. The maximum atomic E-state index is 5.77. The summed E-state index contributed by atoms with van der Waals surface area (Å²) in [5, 5.41) is 4.22. The van der Waals surface area contributed by atoms with Crippen molar-refractivity contribution in [3.8, 4) is 0 Å². The van der Waals surface area contributed by atoms with Gasteiger partial charge in [-0.3, -0.25) is 16.0 Å². The number of hydrazine groups is 1. The van der Waals surface area contributed by atoms with Crippen LogP contribution in [0.3, 0.4) is 0 Å². The quantitative estimate of drug-likeness (QED) is 0.619. The number of aryl methyl sites for hydroxylation is 1. The zero-order valence-electron chi connectivity index (χ0n) is 10.9. The smallest absolute Gasteiger partial charge is 0.0522 e. The Morgan fingerprint density at radius 2 is 2.18 bits per heavy atom. The van der Waals surface area contributed by atoms with Crippen LogP contribution in [0.4, 0.5) is 0 Å². The molecule has 17 heavy (non-hydrogen) atoms. The molecule has 4 nitrogen and oxygen atoms in total. The van der Waals surface area contributed by atoms with Gasteiger partial charge >= 0.3 is 0 Å². The van der Waals surface area contributed by atoms with Crippen LogP contribution in [0.2, 0.25) is 0 Å². The Hall–Kier alpha value is -0.870. The molecule has 0 radical (unpaired) electrons. The third kappa shape index (κ3) is 2.87. The molecular weight excluding hydrogens is 212 g/mol. The molecule has 1 aliphatic carbocycles. The molecule has 0 spiro atoms. The van der Waals surface area contributed by atoms with E-state index in [0.29, 0.717) is 11.5 Å². The first-order valence-electron chi connectivity index (χ1n) is 6.58. The van der Waals surface area contributed by atoms with Crippen LogP contribution in [0.5, 0.6) is 0 Å². The highest BCUT2D eigenvalue weighted by Gasteiger charge is 2.34. The number of nitrogens with one attached hydrogen (secondary N) is 1. The van der Waals surface area contributed by atoms with E-state index in [1.807, 2.05) is 17.9 Å². The Kier molecular flexibility index (Phi) is 3.84. The maximum absolute atomic E-state index is 5.77. The molecule has 0 aromatic carbocycles. The van der Waals surface area contributed by atoms with Gasteiger partial charge in [0, 0.05) is 19.3 Å². The van der Waals surface area contributed by atoms with Gasteiger partial charge in [0.15, 0.2) is 0 Å². The third-order valence-corrected chi connectivity index (χ3v) is 4.24. The number of hydrogen-bond donors (Lipinski definition) is 2. The molecule has 1 unspecified atom stereocenters. The van der Waals surface area contributed by atoms with E-state index in [1.165, 1.54) is 37.7 Å². The van der Waals surface area contributed by atoms with E-state index in [0.717, 1.165) is 6.42 Å². The minimum Gasteiger partial charge on any atom is -0.276 e. The minimum atomic E-state index is 0.336. The van der Waals surface area contributed by atoms with E-state index in [4.69, 9.17) is 5.84 Å². The highest BCUT2D eigenvalue weighted by atomic mass is 15.3. The highest BCUT2D eigenvalue weighted by molar-refractivity contribution is 5.08. The van der Waals surface area contributed by atoms with Gasteiger partial charge in [-0.1, -0.05) is 26.2 Å². The summed E-state index contributed by atoms with van der Waals surface area (Å²) >= 11 is 0. The predicted molar refractivity (Wildman–Crippen MR) is 69.2 cm³/mol. The molecule has 0 aliphatic heterocycles. The largest absolute Gasteiger partial charge is 0.276 e. The number of rotatable bonds is 4. The summed E-state index contributed by atoms with van der Waals surface area (Å²) in [6.07, 6.45) is 11.6. The Bertz CT molecular complexity index is 352. The van der Waals surface area contributed by atoms with Crippen molar-refractivity contribution in [2.24, 2.45) is 18.3 Å². The normalized spacial score (nSPS) is 21.4. The molecule has 1 aromatic rings. The molecule has 3 N–H and O–H groups in total. The second kappa shape index (κ2) is 5.19. The summed E-state index contributed by atoms with van der Waals surface area (Å²) in [6.45, 7) is 2.37. The molecule has 1 heterocycles. The Balaban J connectivity index is 2.05. The lowest BCUT2D eigenvalue weighted by Crippen LogP contribution is -2.49. The Morgan fingerprint density at radius 3 is 2.71 bits per heavy atom. The summed E-state index contributed by atoms with van der Waals surface area (Å²) < 4.78 is 1.85. The van der Waals surface area contributed by atoms with Crippen molar-refractivity contribution in [1.29, 1.82) is 0 Å². The molecule has 1 saturated carbocycles. The van der Waals surface area contributed by atoms with E-state index < -0.39 is 0 Å². The molecule has 0 saturated heterocycles. The van der Waals surface area contributed by atoms with Crippen molar-refractivity contribution in [3.63, 3.8) is 0 Å². The van der Waals surface area contributed by atoms with E-state index in [9.17, 15) is 0 Å². The van der Waals surface area contributed by atoms with Crippen LogP contribution in [-0.2, 0) is 13.5 Å². The van der Waals surface area contributed by atoms with Crippen LogP contribution in [0.25, 0.3) is 0 Å². The van der Waals surface area contributed by atoms with Gasteiger partial charge < -0.3 is 0 Å². The van der Waals surface area contributed by atoms with Gasteiger partial charge in [-0.15, -0.1) is 0 Å². The molecule has 1 fully saturated rings. The van der Waals surface area contributed by atoms with Gasteiger partial charge in [-0.25, -0.2) is 0 Å². The van der Waals surface area contributed by atoms with Crippen LogP contribution in [-0.4, -0.2) is 15.8 Å². The highest BCUT2D eigenvalue weighted by Crippen LogP contribution is 2.39. The molecule has 1 atom stereocenters. The van der Waals surface area contributed by atoms with Crippen LogP contribution in [0, 0.1) is 5.41 Å². The summed E-state index contributed by atoms with van der Waals surface area (Å²) in [5.74, 6) is 5.77. The van der Waals surface area contributed by atoms with Crippen LogP contribution >= 0.6 is 0 Å². The van der Waals surface area contributed by atoms with Crippen molar-refractivity contribution in [3.05, 3.63) is 18.0 Å². The summed E-state index contributed by atoms with van der Waals surface area (Å²) in [4.78, 5) is 0. The molecule has 96 valence electrons. The number of nitrogens with two attached hydrogens (primary N) is 1. The number of hydrogen-bond acceptors (Lipinski definition) is 3. The fourth-order valence-electron chi connectivity index (χ4n) is 3.03. The molecule has 2 rings (SSSR count). The van der Waals surface area contributed by atoms with E-state index >= 15 is 0 Å². The first-order valence-corrected chi connectivity index (χ1v) is 6.58. The summed E-state index contributed by atoms with van der Waals surface area (Å²) in [6, 6.07) is 0.354. The van der Waals surface area contributed by atoms with E-state index in [1.54, 1.807) is 0 Å². The first-order chi connectivity index (χ1) is 8.14. The summed E-state index contributed by atoms with van der Waals surface area (Å²) in [5.41, 5.74) is 4.64. The van der Waals surface area contributed by atoms with Crippen molar-refractivity contribution in [2.75, 3.05) is 0 Å². The standard InChI is InChI=1S/C13H24N4/c1-13(6-4-3-5-7-13)12(16-14)8-11-9-15-17(2)10-11/h9-10,12,16H,3-8,14H2,1-2H3. The lowest BCUT2D eigenvalue weighted by Gasteiger charge is -2.40. The maximum Gasteiger partial charge on any atom is 0.0522 e. The third-order valence-electron chi connectivity index (χ3n) is 4.24. The van der Waals surface area contributed by atoms with Crippen molar-refractivity contribution in [2.45, 2.75) is 51.5 Å². The first kappa shape index (κ1) is 12.6. The molecule has 1 aliphatic rings. The molecule has 0 amide bonds. The molecule has 4 heteroatoms. The molecular formula is C13H24N4. The van der Waals surface area contributed by atoms with Crippen LogP contribution in [0.1, 0.15) is 44.6 Å². The van der Waals surface area contributed by atoms with Gasteiger partial charge in [-0.05, 0) is 30.2 Å². The second-order valence-electron chi connectivity index (χ2n) is 5.66. The molecule has 1 aromatic heterocycles. The van der Waals surface area contributed by atoms with Crippen molar-refractivity contribution >= 4 is 0 Å². The van der Waals surface area contributed by atoms with E-state index in [-0.39, 0.29) is 0 Å². The lowest BCUT2D eigenvalue weighted by atomic mass is 9.69. The second-order valence-corrected chi connectivity index (χ2v) is 5.66. The Labute approximate surface area is 104 Å². The van der Waals surface area contributed by atoms with Gasteiger partial charge in [0.1, 0.15) is 0 Å². The van der Waals surface area contributed by atoms with Crippen molar-refractivity contribution < 1.29 is 0 Å². The number of nitrogens with zero attached hydrogens (tertiary/aromatic N) is 2. The number of aromatic nitrogens is 2. The SMILES string of the molecule is Cn1cc(CC(NN)C2(C)CCCCC2)cn1. The zero-order chi connectivity index (χ0) is 12.3. The average molecular weight is 236 g/mol. The van der Waals surface area contributed by atoms with Crippen LogP contribution in [0.15, 0.2) is 12.4 Å². The fourth-order valence-corrected chi connectivity index (χ4v) is 3.03. The fraction of sp³-hybridized carbons (Fsp3) is 0.769. The topological polar surface area (TPSA) is 55.9 Å². The summed E-state index contributed by atoms with van der Waals surface area (Å²) in [7, 11) is 1.96. The van der Waals surface area contributed by atoms with Crippen LogP contribution < -0.4 is 11.3 Å². The van der Waals surface area contributed by atoms with Gasteiger partial charge in [0.05, 0.1) is 6.20 Å². The lowest BCUT2D eigenvalue weighted by molar-refractivity contribution is 0.144. The van der Waals surface area contributed by atoms with E-state index in [2.05, 4.69) is 23.6 Å². The monoisotopic (exact) mass is 236 g/mol. The van der Waals surface area contributed by atoms with Gasteiger partial charge in [-0.2, -0.15) is 5.10 Å². The van der Waals surface area contributed by atoms with Gasteiger partial charge in [0.2, 0.25) is 0 Å². The zero-order valence-corrected chi connectivity index (χ0v) is 10.9. The van der Waals surface area contributed by atoms with Gasteiger partial charge in [0.25, 0.3) is 0 Å². The molecule has 0 bridgehead atoms. The minimum absolute atomic E-state index is 0.336. The predicted octanol–water partition coefficient (Wildman–Crippen LogP) is 1.76. The average Bonchev–Trinajstić information content (AvgIpc) is 2.72.